The van der Waals surface area contributed by atoms with Crippen LogP contribution in [0.5, 0.6) is 0 Å². The average Bonchev–Trinajstić information content (AvgIpc) is 3.62. The fourth-order valence-corrected chi connectivity index (χ4v) is 8.72. The minimum Gasteiger partial charge on any atom is -0.341 e. The van der Waals surface area contributed by atoms with E-state index in [1.165, 1.54) is 65.7 Å². The van der Waals surface area contributed by atoms with E-state index in [9.17, 15) is 0 Å². The summed E-state index contributed by atoms with van der Waals surface area (Å²) in [5, 5.41) is 7.42. The molecule has 0 aliphatic carbocycles. The molecule has 1 aliphatic heterocycles. The summed E-state index contributed by atoms with van der Waals surface area (Å²) < 4.78 is 2.38. The number of hydrogen-bond donors (Lipinski definition) is 0. The molecule has 248 valence electrons. The minimum absolute atomic E-state index is 0.951. The van der Waals surface area contributed by atoms with Gasteiger partial charge in [-0.05, 0) is 90.5 Å². The van der Waals surface area contributed by atoms with Gasteiger partial charge in [-0.3, -0.25) is 4.57 Å². The molecule has 0 amide bonds. The van der Waals surface area contributed by atoms with Crippen LogP contribution in [0.25, 0.3) is 93.8 Å². The van der Waals surface area contributed by atoms with E-state index in [1.54, 1.807) is 0 Å². The van der Waals surface area contributed by atoms with Gasteiger partial charge in [0.2, 0.25) is 0 Å². The van der Waals surface area contributed by atoms with Crippen molar-refractivity contribution in [2.45, 2.75) is 0 Å². The van der Waals surface area contributed by atoms with Crippen molar-refractivity contribution in [1.82, 2.24) is 9.55 Å². The van der Waals surface area contributed by atoms with Crippen molar-refractivity contribution in [3.63, 3.8) is 0 Å². The first-order valence-corrected chi connectivity index (χ1v) is 18.2. The van der Waals surface area contributed by atoms with Crippen LogP contribution in [0.3, 0.4) is 0 Å². The highest BCUT2D eigenvalue weighted by Gasteiger charge is 2.30. The molecule has 0 unspecified atom stereocenters. The maximum Gasteiger partial charge on any atom is 0.145 e. The van der Waals surface area contributed by atoms with E-state index in [4.69, 9.17) is 4.98 Å². The third-order valence-electron chi connectivity index (χ3n) is 11.1. The molecule has 0 bridgehead atoms. The van der Waals surface area contributed by atoms with Crippen LogP contribution in [-0.2, 0) is 0 Å². The van der Waals surface area contributed by atoms with Crippen LogP contribution in [0.2, 0.25) is 0 Å². The lowest BCUT2D eigenvalue weighted by Gasteiger charge is -2.32. The topological polar surface area (TPSA) is 21.1 Å². The molecular weight excluding hydrogens is 643 g/mol. The number of anilines is 2. The number of benzene rings is 9. The zero-order valence-electron chi connectivity index (χ0n) is 29.2. The standard InChI is InChI=1S/C50H33N3/c1-52-44-24-13-23-43-49(44)53(50(51-43)34-17-6-3-7-18-34)45-25-12-22-41(48(45)52)47-39-21-11-10-20-38(39)46(37-27-26-33-16-8-9-19-35(33)30-37)40-29-28-36(31-42(40)47)32-14-4-2-5-15-32/h2-31H,1H3. The summed E-state index contributed by atoms with van der Waals surface area (Å²) in [5.74, 6) is 0.951. The molecule has 11 rings (SSSR count). The van der Waals surface area contributed by atoms with E-state index in [-0.39, 0.29) is 0 Å². The van der Waals surface area contributed by atoms with E-state index in [0.29, 0.717) is 0 Å². The van der Waals surface area contributed by atoms with Crippen molar-refractivity contribution in [3.05, 3.63) is 182 Å². The Labute approximate surface area is 307 Å². The third kappa shape index (κ3) is 4.44. The van der Waals surface area contributed by atoms with Gasteiger partial charge in [0.1, 0.15) is 5.82 Å². The highest BCUT2D eigenvalue weighted by molar-refractivity contribution is 6.24. The molecule has 0 N–H and O–H groups in total. The molecule has 0 radical (unpaired) electrons. The van der Waals surface area contributed by atoms with Crippen LogP contribution >= 0.6 is 0 Å². The Kier molecular flexibility index (Phi) is 6.47. The molecular formula is C50H33N3. The van der Waals surface area contributed by atoms with E-state index in [0.717, 1.165) is 39.5 Å². The highest BCUT2D eigenvalue weighted by Crippen LogP contribution is 2.52. The van der Waals surface area contributed by atoms with Gasteiger partial charge in [0.15, 0.2) is 0 Å². The molecule has 1 aliphatic rings. The average molecular weight is 676 g/mol. The van der Waals surface area contributed by atoms with Crippen molar-refractivity contribution in [1.29, 1.82) is 0 Å². The fraction of sp³-hybridized carbons (Fsp3) is 0.0200. The number of aromatic nitrogens is 2. The summed E-state index contributed by atoms with van der Waals surface area (Å²) in [5.41, 5.74) is 14.0. The summed E-state index contributed by atoms with van der Waals surface area (Å²) in [6.45, 7) is 0. The van der Waals surface area contributed by atoms with Crippen molar-refractivity contribution in [3.8, 4) is 50.5 Å². The normalized spacial score (nSPS) is 12.2. The van der Waals surface area contributed by atoms with Gasteiger partial charge in [0.25, 0.3) is 0 Å². The Hall–Kier alpha value is -6.97. The number of imidazole rings is 1. The summed E-state index contributed by atoms with van der Waals surface area (Å²) >= 11 is 0. The zero-order valence-corrected chi connectivity index (χ0v) is 29.2. The van der Waals surface area contributed by atoms with E-state index < -0.39 is 0 Å². The molecule has 3 heteroatoms. The molecule has 0 spiro atoms. The van der Waals surface area contributed by atoms with Crippen LogP contribution in [0.4, 0.5) is 11.4 Å². The number of nitrogens with zero attached hydrogens (tertiary/aromatic N) is 3. The maximum atomic E-state index is 5.24. The van der Waals surface area contributed by atoms with Gasteiger partial charge < -0.3 is 4.90 Å². The lowest BCUT2D eigenvalue weighted by molar-refractivity contribution is 1.05. The van der Waals surface area contributed by atoms with E-state index >= 15 is 0 Å². The van der Waals surface area contributed by atoms with Crippen LogP contribution in [0.15, 0.2) is 182 Å². The van der Waals surface area contributed by atoms with Crippen molar-refractivity contribution < 1.29 is 0 Å². The minimum atomic E-state index is 0.951. The van der Waals surface area contributed by atoms with Gasteiger partial charge in [-0.2, -0.15) is 0 Å². The smallest absolute Gasteiger partial charge is 0.145 e. The largest absolute Gasteiger partial charge is 0.341 e. The molecule has 3 nitrogen and oxygen atoms in total. The number of hydrogen-bond acceptors (Lipinski definition) is 2. The van der Waals surface area contributed by atoms with Gasteiger partial charge in [-0.1, -0.05) is 152 Å². The summed E-state index contributed by atoms with van der Waals surface area (Å²) in [4.78, 5) is 7.62. The quantitative estimate of drug-likeness (QED) is 0.173. The van der Waals surface area contributed by atoms with Gasteiger partial charge >= 0.3 is 0 Å². The number of para-hydroxylation sites is 2. The molecule has 53 heavy (non-hydrogen) atoms. The predicted molar refractivity (Wildman–Crippen MR) is 223 cm³/mol. The predicted octanol–water partition coefficient (Wildman–Crippen LogP) is 13.2. The fourth-order valence-electron chi connectivity index (χ4n) is 8.72. The maximum absolute atomic E-state index is 5.24. The molecule has 0 saturated heterocycles. The van der Waals surface area contributed by atoms with Crippen LogP contribution in [0.1, 0.15) is 0 Å². The highest BCUT2D eigenvalue weighted by atomic mass is 15.2. The second kappa shape index (κ2) is 11.5. The second-order valence-electron chi connectivity index (χ2n) is 14.0. The monoisotopic (exact) mass is 675 g/mol. The first-order chi connectivity index (χ1) is 26.2. The van der Waals surface area contributed by atoms with Crippen LogP contribution in [-0.4, -0.2) is 16.6 Å². The lowest BCUT2D eigenvalue weighted by Crippen LogP contribution is -2.19. The van der Waals surface area contributed by atoms with Gasteiger partial charge in [0, 0.05) is 18.2 Å². The summed E-state index contributed by atoms with van der Waals surface area (Å²) in [6, 6.07) is 66.1. The molecule has 9 aromatic carbocycles. The number of fused-ring (bicyclic) bond motifs is 5. The Morgan fingerprint density at radius 1 is 0.415 bits per heavy atom. The van der Waals surface area contributed by atoms with Crippen molar-refractivity contribution in [2.24, 2.45) is 0 Å². The lowest BCUT2D eigenvalue weighted by atomic mass is 9.83. The molecule has 0 fully saturated rings. The Morgan fingerprint density at radius 3 is 1.87 bits per heavy atom. The van der Waals surface area contributed by atoms with Crippen molar-refractivity contribution >= 4 is 54.7 Å². The Balaban J connectivity index is 1.27. The third-order valence-corrected chi connectivity index (χ3v) is 11.1. The Morgan fingerprint density at radius 2 is 1.06 bits per heavy atom. The molecule has 0 atom stereocenters. The molecule has 2 heterocycles. The first kappa shape index (κ1) is 29.7. The van der Waals surface area contributed by atoms with Gasteiger partial charge in [0.05, 0.1) is 28.1 Å². The Bertz CT molecular complexity index is 3070. The van der Waals surface area contributed by atoms with Gasteiger partial charge in [-0.15, -0.1) is 0 Å². The van der Waals surface area contributed by atoms with Crippen LogP contribution < -0.4 is 4.90 Å². The van der Waals surface area contributed by atoms with E-state index in [2.05, 4.69) is 199 Å². The second-order valence-corrected chi connectivity index (χ2v) is 14.0. The molecule has 10 aromatic rings. The zero-order chi connectivity index (χ0) is 35.0. The van der Waals surface area contributed by atoms with Crippen molar-refractivity contribution in [2.75, 3.05) is 11.9 Å². The SMILES string of the molecule is CN1c2c(-c3c4ccccc4c(-c4ccc5ccccc5c4)c4ccc(-c5ccccc5)cc34)cccc2-n2c(-c3ccccc3)nc3cccc1c32. The van der Waals surface area contributed by atoms with Gasteiger partial charge in [-0.25, -0.2) is 4.98 Å². The molecule has 0 saturated carbocycles. The summed E-state index contributed by atoms with van der Waals surface area (Å²) in [6.07, 6.45) is 0. The van der Waals surface area contributed by atoms with E-state index in [1.807, 2.05) is 0 Å². The molecule has 1 aromatic heterocycles. The van der Waals surface area contributed by atoms with Crippen LogP contribution in [0, 0.1) is 0 Å². The summed E-state index contributed by atoms with van der Waals surface area (Å²) in [7, 11) is 2.21. The number of rotatable bonds is 4. The first-order valence-electron chi connectivity index (χ1n) is 18.2.